The van der Waals surface area contributed by atoms with Crippen LogP contribution in [-0.4, -0.2) is 19.1 Å². The van der Waals surface area contributed by atoms with Gasteiger partial charge in [0, 0.05) is 17.5 Å². The highest BCUT2D eigenvalue weighted by Crippen LogP contribution is 2.04. The van der Waals surface area contributed by atoms with Gasteiger partial charge in [-0.3, -0.25) is 0 Å². The molecule has 1 saturated heterocycles. The zero-order valence-electron chi connectivity index (χ0n) is 5.66. The van der Waals surface area contributed by atoms with Gasteiger partial charge >= 0.3 is 0 Å². The van der Waals surface area contributed by atoms with E-state index in [1.165, 1.54) is 0 Å². The van der Waals surface area contributed by atoms with E-state index in [9.17, 15) is 0 Å². The van der Waals surface area contributed by atoms with Crippen molar-refractivity contribution in [3.05, 3.63) is 10.4 Å². The molecule has 0 bridgehead atoms. The highest BCUT2D eigenvalue weighted by molar-refractivity contribution is 5.85. The first-order chi connectivity index (χ1) is 4.43. The second kappa shape index (κ2) is 5.35. The van der Waals surface area contributed by atoms with E-state index in [4.69, 9.17) is 5.53 Å². The topological polar surface area (TPSA) is 60.8 Å². The lowest BCUT2D eigenvalue weighted by molar-refractivity contribution is 0.458. The SMILES string of the molecule is Cl.[N-]=[N+]=N[C@H]1CCCNC1. The first-order valence-electron chi connectivity index (χ1n) is 3.18. The van der Waals surface area contributed by atoms with Crippen LogP contribution in [-0.2, 0) is 0 Å². The maximum absolute atomic E-state index is 8.05. The van der Waals surface area contributed by atoms with E-state index < -0.39 is 0 Å². The summed E-state index contributed by atoms with van der Waals surface area (Å²) in [6.45, 7) is 1.92. The Labute approximate surface area is 66.0 Å². The second-order valence-corrected chi connectivity index (χ2v) is 2.21. The lowest BCUT2D eigenvalue weighted by Crippen LogP contribution is -2.31. The Morgan fingerprint density at radius 2 is 2.40 bits per heavy atom. The summed E-state index contributed by atoms with van der Waals surface area (Å²) in [6, 6.07) is 0.198. The summed E-state index contributed by atoms with van der Waals surface area (Å²) >= 11 is 0. The van der Waals surface area contributed by atoms with Gasteiger partial charge in [0.05, 0.1) is 0 Å². The van der Waals surface area contributed by atoms with Gasteiger partial charge < -0.3 is 5.32 Å². The molecule has 0 radical (unpaired) electrons. The first-order valence-corrected chi connectivity index (χ1v) is 3.18. The molecular formula is C5H11ClN4. The van der Waals surface area contributed by atoms with Crippen LogP contribution in [0.25, 0.3) is 10.4 Å². The fraction of sp³-hybridized carbons (Fsp3) is 1.00. The van der Waals surface area contributed by atoms with Gasteiger partial charge in [0.1, 0.15) is 0 Å². The lowest BCUT2D eigenvalue weighted by atomic mass is 10.1. The average Bonchev–Trinajstić information content (AvgIpc) is 1.91. The van der Waals surface area contributed by atoms with Gasteiger partial charge in [-0.25, -0.2) is 0 Å². The minimum absolute atomic E-state index is 0. The number of azide groups is 1. The summed E-state index contributed by atoms with van der Waals surface area (Å²) in [4.78, 5) is 2.74. The monoisotopic (exact) mass is 162 g/mol. The molecule has 0 aromatic heterocycles. The van der Waals surface area contributed by atoms with Gasteiger partial charge in [-0.05, 0) is 24.9 Å². The molecule has 0 amide bonds. The van der Waals surface area contributed by atoms with Gasteiger partial charge in [0.2, 0.25) is 0 Å². The van der Waals surface area contributed by atoms with Crippen molar-refractivity contribution in [3.8, 4) is 0 Å². The van der Waals surface area contributed by atoms with Crippen molar-refractivity contribution in [1.29, 1.82) is 0 Å². The molecule has 0 aliphatic carbocycles. The summed E-state index contributed by atoms with van der Waals surface area (Å²) in [5.41, 5.74) is 8.05. The summed E-state index contributed by atoms with van der Waals surface area (Å²) in [5.74, 6) is 0. The van der Waals surface area contributed by atoms with Crippen molar-refractivity contribution in [2.24, 2.45) is 5.11 Å². The predicted octanol–water partition coefficient (Wildman–Crippen LogP) is 1.47. The number of rotatable bonds is 1. The highest BCUT2D eigenvalue weighted by Gasteiger charge is 2.09. The number of hydrogen-bond acceptors (Lipinski definition) is 2. The maximum atomic E-state index is 8.05. The Balaban J connectivity index is 0.000000810. The Kier molecular flexibility index (Phi) is 5.12. The number of piperidine rings is 1. The Morgan fingerprint density at radius 3 is 2.90 bits per heavy atom. The lowest BCUT2D eigenvalue weighted by Gasteiger charge is -2.17. The van der Waals surface area contributed by atoms with Crippen LogP contribution in [0.5, 0.6) is 0 Å². The summed E-state index contributed by atoms with van der Waals surface area (Å²) < 4.78 is 0. The fourth-order valence-electron chi connectivity index (χ4n) is 1.01. The molecule has 10 heavy (non-hydrogen) atoms. The molecule has 1 aliphatic rings. The smallest absolute Gasteiger partial charge is 0.0499 e. The first kappa shape index (κ1) is 9.56. The molecule has 0 aromatic rings. The third-order valence-corrected chi connectivity index (χ3v) is 1.49. The van der Waals surface area contributed by atoms with Crippen molar-refractivity contribution >= 4 is 12.4 Å². The summed E-state index contributed by atoms with van der Waals surface area (Å²) in [7, 11) is 0. The number of hydrogen-bond donors (Lipinski definition) is 1. The van der Waals surface area contributed by atoms with Gasteiger partial charge in [-0.1, -0.05) is 5.11 Å². The second-order valence-electron chi connectivity index (χ2n) is 2.21. The molecule has 1 atom stereocenters. The van der Waals surface area contributed by atoms with E-state index in [1.54, 1.807) is 0 Å². The van der Waals surface area contributed by atoms with Gasteiger partial charge in [-0.2, -0.15) is 0 Å². The minimum atomic E-state index is 0. The van der Waals surface area contributed by atoms with Crippen LogP contribution in [0.15, 0.2) is 5.11 Å². The van der Waals surface area contributed by atoms with Crippen LogP contribution in [0.4, 0.5) is 0 Å². The van der Waals surface area contributed by atoms with Gasteiger partial charge in [-0.15, -0.1) is 12.4 Å². The standard InChI is InChI=1S/C5H10N4.ClH/c6-9-8-5-2-1-3-7-4-5;/h5,7H,1-4H2;1H/t5-;/m0./s1. The maximum Gasteiger partial charge on any atom is 0.0499 e. The van der Waals surface area contributed by atoms with Crippen LogP contribution in [0.1, 0.15) is 12.8 Å². The van der Waals surface area contributed by atoms with E-state index in [-0.39, 0.29) is 18.4 Å². The summed E-state index contributed by atoms with van der Waals surface area (Å²) in [6.07, 6.45) is 2.17. The number of halogens is 1. The minimum Gasteiger partial charge on any atom is -0.316 e. The number of nitrogens with one attached hydrogen (secondary N) is 1. The van der Waals surface area contributed by atoms with Crippen molar-refractivity contribution in [2.45, 2.75) is 18.9 Å². The summed E-state index contributed by atoms with van der Waals surface area (Å²) in [5, 5.41) is 6.76. The molecule has 0 aromatic carbocycles. The zero-order chi connectivity index (χ0) is 6.53. The van der Waals surface area contributed by atoms with E-state index in [0.29, 0.717) is 0 Å². The zero-order valence-corrected chi connectivity index (χ0v) is 6.47. The van der Waals surface area contributed by atoms with Crippen molar-refractivity contribution in [1.82, 2.24) is 5.32 Å². The highest BCUT2D eigenvalue weighted by atomic mass is 35.5. The molecule has 4 nitrogen and oxygen atoms in total. The largest absolute Gasteiger partial charge is 0.316 e. The molecule has 1 rings (SSSR count). The van der Waals surface area contributed by atoms with E-state index in [2.05, 4.69) is 15.3 Å². The van der Waals surface area contributed by atoms with Crippen LogP contribution in [0.3, 0.4) is 0 Å². The molecule has 1 heterocycles. The van der Waals surface area contributed by atoms with E-state index >= 15 is 0 Å². The van der Waals surface area contributed by atoms with E-state index in [1.807, 2.05) is 0 Å². The predicted molar refractivity (Wildman–Crippen MR) is 42.3 cm³/mol. The fourth-order valence-corrected chi connectivity index (χ4v) is 1.01. The van der Waals surface area contributed by atoms with E-state index in [0.717, 1.165) is 25.9 Å². The van der Waals surface area contributed by atoms with Crippen LogP contribution in [0.2, 0.25) is 0 Å². The van der Waals surface area contributed by atoms with Crippen LogP contribution < -0.4 is 5.32 Å². The molecule has 1 N–H and O–H groups in total. The molecule has 0 spiro atoms. The Bertz CT molecular complexity index is 126. The molecule has 1 aliphatic heterocycles. The Morgan fingerprint density at radius 1 is 1.60 bits per heavy atom. The molecule has 5 heteroatoms. The van der Waals surface area contributed by atoms with Gasteiger partial charge in [0.25, 0.3) is 0 Å². The Hall–Kier alpha value is -0.440. The third-order valence-electron chi connectivity index (χ3n) is 1.49. The quantitative estimate of drug-likeness (QED) is 0.354. The molecule has 0 unspecified atom stereocenters. The normalized spacial score (nSPS) is 24.2. The van der Waals surface area contributed by atoms with Crippen molar-refractivity contribution < 1.29 is 0 Å². The molecule has 0 saturated carbocycles. The van der Waals surface area contributed by atoms with Crippen molar-refractivity contribution in [3.63, 3.8) is 0 Å². The molecule has 1 fully saturated rings. The average molecular weight is 163 g/mol. The third kappa shape index (κ3) is 2.92. The molecule has 58 valence electrons. The van der Waals surface area contributed by atoms with Gasteiger partial charge in [0.15, 0.2) is 0 Å². The van der Waals surface area contributed by atoms with Crippen molar-refractivity contribution in [2.75, 3.05) is 13.1 Å². The molecular weight excluding hydrogens is 152 g/mol. The van der Waals surface area contributed by atoms with Crippen LogP contribution in [0, 0.1) is 0 Å². The number of nitrogens with zero attached hydrogens (tertiary/aromatic N) is 3. The van der Waals surface area contributed by atoms with Crippen LogP contribution >= 0.6 is 12.4 Å².